The van der Waals surface area contributed by atoms with E-state index in [1.165, 1.54) is 0 Å². The number of halogens is 2. The number of hydrogen-bond donors (Lipinski definition) is 1. The Bertz CT molecular complexity index is 583. The first-order valence-corrected chi connectivity index (χ1v) is 8.90. The molecule has 0 radical (unpaired) electrons. The molecule has 1 aliphatic rings. The van der Waals surface area contributed by atoms with Gasteiger partial charge >= 0.3 is 0 Å². The Kier molecular flexibility index (Phi) is 9.25. The summed E-state index contributed by atoms with van der Waals surface area (Å²) in [6, 6.07) is 7.10. The minimum atomic E-state index is -0.446. The molecular formula is C18H27Cl2N3O2. The number of nitrogens with one attached hydrogen (secondary N) is 1. The number of unbranched alkanes of at least 4 members (excludes halogenated alkanes) is 1. The molecule has 1 unspecified atom stereocenters. The van der Waals surface area contributed by atoms with Gasteiger partial charge in [-0.25, -0.2) is 0 Å². The molecule has 1 aliphatic heterocycles. The van der Waals surface area contributed by atoms with E-state index >= 15 is 0 Å². The zero-order chi connectivity index (χ0) is 17.5. The molecule has 0 bridgehead atoms. The predicted molar refractivity (Wildman–Crippen MR) is 103 cm³/mol. The zero-order valence-corrected chi connectivity index (χ0v) is 16.4. The van der Waals surface area contributed by atoms with E-state index in [9.17, 15) is 9.59 Å². The second-order valence-electron chi connectivity index (χ2n) is 6.23. The fourth-order valence-corrected chi connectivity index (χ4v) is 2.99. The van der Waals surface area contributed by atoms with Crippen molar-refractivity contribution in [2.24, 2.45) is 0 Å². The van der Waals surface area contributed by atoms with Gasteiger partial charge in [0.05, 0.1) is 12.5 Å². The predicted octanol–water partition coefficient (Wildman–Crippen LogP) is 2.71. The first-order valence-electron chi connectivity index (χ1n) is 8.52. The van der Waals surface area contributed by atoms with Gasteiger partial charge in [-0.15, -0.1) is 12.4 Å². The second-order valence-corrected chi connectivity index (χ2v) is 6.64. The molecule has 0 saturated carbocycles. The maximum absolute atomic E-state index is 12.7. The van der Waals surface area contributed by atoms with Crippen molar-refractivity contribution >= 4 is 35.8 Å². The van der Waals surface area contributed by atoms with Crippen molar-refractivity contribution < 1.29 is 9.59 Å². The lowest BCUT2D eigenvalue weighted by Gasteiger charge is -2.33. The molecule has 1 aromatic rings. The Morgan fingerprint density at radius 2 is 2.12 bits per heavy atom. The third-order valence-electron chi connectivity index (χ3n) is 4.35. The molecule has 1 N–H and O–H groups in total. The Labute approximate surface area is 161 Å². The minimum Gasteiger partial charge on any atom is -0.346 e. The SMILES string of the molecule is CCCCN(C)C(=O)CC1NCCN(Cc2ccccc2Cl)C1=O.Cl. The highest BCUT2D eigenvalue weighted by Crippen LogP contribution is 2.18. The van der Waals surface area contributed by atoms with Crippen molar-refractivity contribution in [1.29, 1.82) is 0 Å². The number of benzene rings is 1. The van der Waals surface area contributed by atoms with Crippen molar-refractivity contribution in [3.63, 3.8) is 0 Å². The average molecular weight is 388 g/mol. The van der Waals surface area contributed by atoms with Crippen LogP contribution in [0.3, 0.4) is 0 Å². The van der Waals surface area contributed by atoms with Gasteiger partial charge in [0.25, 0.3) is 0 Å². The fraction of sp³-hybridized carbons (Fsp3) is 0.556. The summed E-state index contributed by atoms with van der Waals surface area (Å²) in [4.78, 5) is 28.4. The number of piperazine rings is 1. The molecule has 2 rings (SSSR count). The first kappa shape index (κ1) is 21.7. The number of rotatable bonds is 7. The summed E-state index contributed by atoms with van der Waals surface area (Å²) in [7, 11) is 1.80. The van der Waals surface area contributed by atoms with E-state index in [0.29, 0.717) is 24.7 Å². The van der Waals surface area contributed by atoms with E-state index in [4.69, 9.17) is 11.6 Å². The average Bonchev–Trinajstić information content (AvgIpc) is 2.58. The molecular weight excluding hydrogens is 361 g/mol. The van der Waals surface area contributed by atoms with E-state index in [0.717, 1.165) is 24.9 Å². The molecule has 0 aliphatic carbocycles. The van der Waals surface area contributed by atoms with Gasteiger partial charge in [-0.1, -0.05) is 43.1 Å². The molecule has 7 heteroatoms. The van der Waals surface area contributed by atoms with Gasteiger partial charge in [0.15, 0.2) is 0 Å². The molecule has 5 nitrogen and oxygen atoms in total. The Morgan fingerprint density at radius 1 is 1.40 bits per heavy atom. The van der Waals surface area contributed by atoms with Gasteiger partial charge in [-0.05, 0) is 18.1 Å². The van der Waals surface area contributed by atoms with Crippen molar-refractivity contribution in [3.05, 3.63) is 34.9 Å². The summed E-state index contributed by atoms with van der Waals surface area (Å²) in [5, 5.41) is 3.83. The highest BCUT2D eigenvalue weighted by Gasteiger charge is 2.31. The van der Waals surface area contributed by atoms with Crippen molar-refractivity contribution in [2.75, 3.05) is 26.7 Å². The third-order valence-corrected chi connectivity index (χ3v) is 4.72. The summed E-state index contributed by atoms with van der Waals surface area (Å²) in [6.45, 7) is 4.63. The van der Waals surface area contributed by atoms with Crippen LogP contribution in [0.1, 0.15) is 31.7 Å². The van der Waals surface area contributed by atoms with Gasteiger partial charge in [0.2, 0.25) is 11.8 Å². The van der Waals surface area contributed by atoms with Crippen molar-refractivity contribution in [1.82, 2.24) is 15.1 Å². The summed E-state index contributed by atoms with van der Waals surface area (Å²) in [5.41, 5.74) is 0.930. The Hall–Kier alpha value is -1.30. The molecule has 0 spiro atoms. The molecule has 1 heterocycles. The topological polar surface area (TPSA) is 52.7 Å². The van der Waals surface area contributed by atoms with Gasteiger partial charge < -0.3 is 15.1 Å². The van der Waals surface area contributed by atoms with Crippen LogP contribution in [0.25, 0.3) is 0 Å². The van der Waals surface area contributed by atoms with Crippen molar-refractivity contribution in [3.8, 4) is 0 Å². The minimum absolute atomic E-state index is 0. The lowest BCUT2D eigenvalue weighted by atomic mass is 10.1. The van der Waals surface area contributed by atoms with Crippen LogP contribution >= 0.6 is 24.0 Å². The quantitative estimate of drug-likeness (QED) is 0.782. The largest absolute Gasteiger partial charge is 0.346 e. The van der Waals surface area contributed by atoms with Gasteiger partial charge in [-0.3, -0.25) is 9.59 Å². The Balaban J connectivity index is 0.00000312. The molecule has 2 amide bonds. The zero-order valence-electron chi connectivity index (χ0n) is 14.8. The highest BCUT2D eigenvalue weighted by atomic mass is 35.5. The van der Waals surface area contributed by atoms with E-state index < -0.39 is 6.04 Å². The number of hydrogen-bond acceptors (Lipinski definition) is 3. The molecule has 1 atom stereocenters. The molecule has 1 fully saturated rings. The van der Waals surface area contributed by atoms with Gasteiger partial charge in [0, 0.05) is 38.2 Å². The summed E-state index contributed by atoms with van der Waals surface area (Å²) < 4.78 is 0. The lowest BCUT2D eigenvalue weighted by Crippen LogP contribution is -2.55. The monoisotopic (exact) mass is 387 g/mol. The van der Waals surface area contributed by atoms with Crippen LogP contribution in [-0.4, -0.2) is 54.3 Å². The highest BCUT2D eigenvalue weighted by molar-refractivity contribution is 6.31. The summed E-state index contributed by atoms with van der Waals surface area (Å²) in [5.74, 6) is -0.0210. The van der Waals surface area contributed by atoms with Gasteiger partial charge in [0.1, 0.15) is 0 Å². The van der Waals surface area contributed by atoms with Crippen LogP contribution in [-0.2, 0) is 16.1 Å². The maximum atomic E-state index is 12.7. The van der Waals surface area contributed by atoms with E-state index in [1.807, 2.05) is 24.3 Å². The van der Waals surface area contributed by atoms with E-state index in [-0.39, 0.29) is 30.6 Å². The summed E-state index contributed by atoms with van der Waals surface area (Å²) in [6.07, 6.45) is 2.23. The number of amides is 2. The number of carbonyl (C=O) groups excluding carboxylic acids is 2. The normalized spacial score (nSPS) is 17.2. The number of nitrogens with zero attached hydrogens (tertiary/aromatic N) is 2. The fourth-order valence-electron chi connectivity index (χ4n) is 2.79. The van der Waals surface area contributed by atoms with Crippen LogP contribution in [0.4, 0.5) is 0 Å². The van der Waals surface area contributed by atoms with E-state index in [1.54, 1.807) is 16.8 Å². The van der Waals surface area contributed by atoms with Crippen LogP contribution in [0.15, 0.2) is 24.3 Å². The Morgan fingerprint density at radius 3 is 2.80 bits per heavy atom. The lowest BCUT2D eigenvalue weighted by molar-refractivity contribution is -0.141. The van der Waals surface area contributed by atoms with Crippen LogP contribution in [0, 0.1) is 0 Å². The standard InChI is InChI=1S/C18H26ClN3O2.ClH/c1-3-4-10-21(2)17(23)12-16-18(24)22(11-9-20-16)13-14-7-5-6-8-15(14)19;/h5-8,16,20H,3-4,9-13H2,1-2H3;1H. The maximum Gasteiger partial charge on any atom is 0.240 e. The second kappa shape index (κ2) is 10.6. The molecule has 140 valence electrons. The molecule has 0 aromatic heterocycles. The molecule has 25 heavy (non-hydrogen) atoms. The van der Waals surface area contributed by atoms with Crippen LogP contribution in [0.5, 0.6) is 0 Å². The smallest absolute Gasteiger partial charge is 0.240 e. The number of carbonyl (C=O) groups is 2. The van der Waals surface area contributed by atoms with E-state index in [2.05, 4.69) is 12.2 Å². The first-order chi connectivity index (χ1) is 11.5. The molecule has 1 aromatic carbocycles. The van der Waals surface area contributed by atoms with Crippen LogP contribution < -0.4 is 5.32 Å². The van der Waals surface area contributed by atoms with Crippen LogP contribution in [0.2, 0.25) is 5.02 Å². The third kappa shape index (κ3) is 6.17. The van der Waals surface area contributed by atoms with Crippen molar-refractivity contribution in [2.45, 2.75) is 38.8 Å². The summed E-state index contributed by atoms with van der Waals surface area (Å²) >= 11 is 6.19. The van der Waals surface area contributed by atoms with Gasteiger partial charge in [-0.2, -0.15) is 0 Å². The molecule has 1 saturated heterocycles.